The Labute approximate surface area is 129 Å². The van der Waals surface area contributed by atoms with Gasteiger partial charge in [-0.15, -0.1) is 0 Å². The number of para-hydroxylation sites is 1. The molecule has 2 aromatic rings. The second-order valence-corrected chi connectivity index (χ2v) is 6.57. The zero-order chi connectivity index (χ0) is 15.0. The molecule has 1 N–H and O–H groups in total. The highest BCUT2D eigenvalue weighted by Gasteiger charge is 2.40. The Kier molecular flexibility index (Phi) is 3.54. The standard InChI is InChI=1S/C17H22N2O3/c20-16-18-14-6-4-5-13(15(14)22-16)11-19-9-10-21-12-17(19)7-2-1-3-8-17/h4-6H,1-3,7-12H2,(H,18,20). The SMILES string of the molecule is O=c1[nH]c2cccc(CN3CCOCC34CCCCC4)c2o1. The number of ether oxygens (including phenoxy) is 1. The molecule has 0 unspecified atom stereocenters. The predicted molar refractivity (Wildman–Crippen MR) is 83.9 cm³/mol. The molecule has 2 aliphatic rings. The normalized spacial score (nSPS) is 22.4. The smallest absolute Gasteiger partial charge is 0.408 e. The maximum Gasteiger partial charge on any atom is 0.417 e. The Morgan fingerprint density at radius 2 is 2.09 bits per heavy atom. The highest BCUT2D eigenvalue weighted by atomic mass is 16.5. The van der Waals surface area contributed by atoms with E-state index >= 15 is 0 Å². The number of morpholine rings is 1. The lowest BCUT2D eigenvalue weighted by molar-refractivity contribution is -0.0896. The van der Waals surface area contributed by atoms with Crippen LogP contribution in [0, 0.1) is 0 Å². The van der Waals surface area contributed by atoms with Crippen molar-refractivity contribution in [2.75, 3.05) is 19.8 Å². The molecule has 1 aromatic carbocycles. The van der Waals surface area contributed by atoms with E-state index in [9.17, 15) is 4.79 Å². The van der Waals surface area contributed by atoms with Crippen LogP contribution in [-0.2, 0) is 11.3 Å². The molecule has 4 rings (SSSR count). The number of hydrogen-bond donors (Lipinski definition) is 1. The zero-order valence-corrected chi connectivity index (χ0v) is 12.8. The molecule has 1 saturated heterocycles. The molecule has 2 heterocycles. The third kappa shape index (κ3) is 2.38. The summed E-state index contributed by atoms with van der Waals surface area (Å²) in [6.45, 7) is 3.39. The van der Waals surface area contributed by atoms with E-state index in [1.165, 1.54) is 32.1 Å². The first-order chi connectivity index (χ1) is 10.8. The zero-order valence-electron chi connectivity index (χ0n) is 12.8. The maximum absolute atomic E-state index is 11.5. The Morgan fingerprint density at radius 1 is 1.23 bits per heavy atom. The number of nitrogens with one attached hydrogen (secondary N) is 1. The first-order valence-corrected chi connectivity index (χ1v) is 8.20. The van der Waals surface area contributed by atoms with E-state index < -0.39 is 0 Å². The summed E-state index contributed by atoms with van der Waals surface area (Å²) in [5.74, 6) is -0.378. The van der Waals surface area contributed by atoms with Gasteiger partial charge in [-0.2, -0.15) is 0 Å². The average molecular weight is 302 g/mol. The van der Waals surface area contributed by atoms with Crippen molar-refractivity contribution < 1.29 is 9.15 Å². The fourth-order valence-electron chi connectivity index (χ4n) is 4.04. The van der Waals surface area contributed by atoms with Crippen LogP contribution in [0.5, 0.6) is 0 Å². The molecule has 1 aliphatic heterocycles. The fourth-order valence-corrected chi connectivity index (χ4v) is 4.04. The van der Waals surface area contributed by atoms with E-state index in [-0.39, 0.29) is 11.3 Å². The Morgan fingerprint density at radius 3 is 2.95 bits per heavy atom. The van der Waals surface area contributed by atoms with Crippen molar-refractivity contribution in [1.29, 1.82) is 0 Å². The number of rotatable bonds is 2. The van der Waals surface area contributed by atoms with Crippen molar-refractivity contribution in [3.05, 3.63) is 34.3 Å². The lowest BCUT2D eigenvalue weighted by Gasteiger charge is -2.49. The Hall–Kier alpha value is -1.59. The number of aromatic nitrogens is 1. The number of H-pyrrole nitrogens is 1. The molecule has 0 radical (unpaired) electrons. The lowest BCUT2D eigenvalue weighted by atomic mass is 9.80. The van der Waals surface area contributed by atoms with Gasteiger partial charge in [0.15, 0.2) is 5.58 Å². The predicted octanol–water partition coefficient (Wildman–Crippen LogP) is 2.66. The molecule has 22 heavy (non-hydrogen) atoms. The molecule has 118 valence electrons. The maximum atomic E-state index is 11.5. The summed E-state index contributed by atoms with van der Waals surface area (Å²) in [5.41, 5.74) is 2.75. The highest BCUT2D eigenvalue weighted by Crippen LogP contribution is 2.37. The minimum atomic E-state index is -0.378. The van der Waals surface area contributed by atoms with Crippen LogP contribution >= 0.6 is 0 Å². The topological polar surface area (TPSA) is 58.5 Å². The van der Waals surface area contributed by atoms with E-state index in [1.54, 1.807) is 0 Å². The van der Waals surface area contributed by atoms with Gasteiger partial charge in [-0.1, -0.05) is 31.4 Å². The quantitative estimate of drug-likeness (QED) is 0.926. The highest BCUT2D eigenvalue weighted by molar-refractivity contribution is 5.75. The van der Waals surface area contributed by atoms with Gasteiger partial charge in [-0.05, 0) is 18.9 Å². The van der Waals surface area contributed by atoms with Crippen LogP contribution in [0.2, 0.25) is 0 Å². The number of hydrogen-bond acceptors (Lipinski definition) is 4. The molecule has 2 fully saturated rings. The molecule has 1 saturated carbocycles. The molecule has 1 spiro atoms. The van der Waals surface area contributed by atoms with Crippen LogP contribution in [0.15, 0.2) is 27.4 Å². The van der Waals surface area contributed by atoms with E-state index in [0.717, 1.165) is 37.4 Å². The van der Waals surface area contributed by atoms with Gasteiger partial charge < -0.3 is 9.15 Å². The van der Waals surface area contributed by atoms with Crippen LogP contribution in [0.25, 0.3) is 11.1 Å². The minimum Gasteiger partial charge on any atom is -0.408 e. The van der Waals surface area contributed by atoms with Gasteiger partial charge in [-0.25, -0.2) is 4.79 Å². The third-order valence-corrected chi connectivity index (χ3v) is 5.22. The number of oxazole rings is 1. The van der Waals surface area contributed by atoms with Crippen molar-refractivity contribution >= 4 is 11.1 Å². The Bertz CT molecular complexity index is 704. The second kappa shape index (κ2) is 5.56. The molecule has 0 bridgehead atoms. The monoisotopic (exact) mass is 302 g/mol. The van der Waals surface area contributed by atoms with Crippen molar-refractivity contribution in [1.82, 2.24) is 9.88 Å². The van der Waals surface area contributed by atoms with Crippen molar-refractivity contribution in [3.8, 4) is 0 Å². The summed E-state index contributed by atoms with van der Waals surface area (Å²) >= 11 is 0. The van der Waals surface area contributed by atoms with Crippen LogP contribution in [0.3, 0.4) is 0 Å². The van der Waals surface area contributed by atoms with E-state index in [4.69, 9.17) is 9.15 Å². The van der Waals surface area contributed by atoms with E-state index in [1.807, 2.05) is 12.1 Å². The van der Waals surface area contributed by atoms with Gasteiger partial charge in [0.1, 0.15) is 0 Å². The molecule has 0 amide bonds. The van der Waals surface area contributed by atoms with Crippen LogP contribution < -0.4 is 5.76 Å². The molecular formula is C17H22N2O3. The number of aromatic amines is 1. The van der Waals surface area contributed by atoms with Gasteiger partial charge >= 0.3 is 5.76 Å². The molecule has 5 nitrogen and oxygen atoms in total. The van der Waals surface area contributed by atoms with Gasteiger partial charge in [0.2, 0.25) is 0 Å². The van der Waals surface area contributed by atoms with Crippen LogP contribution in [0.4, 0.5) is 0 Å². The lowest BCUT2D eigenvalue weighted by Crippen LogP contribution is -2.57. The summed E-state index contributed by atoms with van der Waals surface area (Å²) < 4.78 is 11.1. The van der Waals surface area contributed by atoms with Gasteiger partial charge in [0.25, 0.3) is 0 Å². The molecule has 5 heteroatoms. The van der Waals surface area contributed by atoms with E-state index in [0.29, 0.717) is 5.58 Å². The number of fused-ring (bicyclic) bond motifs is 1. The van der Waals surface area contributed by atoms with Crippen LogP contribution in [-0.4, -0.2) is 35.2 Å². The number of benzene rings is 1. The molecule has 0 atom stereocenters. The first kappa shape index (κ1) is 14.0. The molecule has 1 aromatic heterocycles. The number of nitrogens with zero attached hydrogens (tertiary/aromatic N) is 1. The van der Waals surface area contributed by atoms with Crippen molar-refractivity contribution in [2.24, 2.45) is 0 Å². The van der Waals surface area contributed by atoms with Crippen molar-refractivity contribution in [3.63, 3.8) is 0 Å². The Balaban J connectivity index is 1.66. The summed E-state index contributed by atoms with van der Waals surface area (Å²) in [5, 5.41) is 0. The second-order valence-electron chi connectivity index (χ2n) is 6.57. The third-order valence-electron chi connectivity index (χ3n) is 5.22. The fraction of sp³-hybridized carbons (Fsp3) is 0.588. The first-order valence-electron chi connectivity index (χ1n) is 8.20. The summed E-state index contributed by atoms with van der Waals surface area (Å²) in [6, 6.07) is 5.93. The van der Waals surface area contributed by atoms with E-state index in [2.05, 4.69) is 16.0 Å². The molecular weight excluding hydrogens is 280 g/mol. The largest absolute Gasteiger partial charge is 0.417 e. The minimum absolute atomic E-state index is 0.176. The van der Waals surface area contributed by atoms with Crippen LogP contribution in [0.1, 0.15) is 37.7 Å². The van der Waals surface area contributed by atoms with Gasteiger partial charge in [-0.3, -0.25) is 9.88 Å². The van der Waals surface area contributed by atoms with Gasteiger partial charge in [0.05, 0.1) is 18.7 Å². The van der Waals surface area contributed by atoms with Gasteiger partial charge in [0, 0.05) is 24.2 Å². The summed E-state index contributed by atoms with van der Waals surface area (Å²) in [7, 11) is 0. The summed E-state index contributed by atoms with van der Waals surface area (Å²) in [6.07, 6.45) is 6.31. The average Bonchev–Trinajstić information content (AvgIpc) is 2.92. The summed E-state index contributed by atoms with van der Waals surface area (Å²) in [4.78, 5) is 16.8. The van der Waals surface area contributed by atoms with Crippen molar-refractivity contribution in [2.45, 2.75) is 44.2 Å². The molecule has 1 aliphatic carbocycles.